The van der Waals surface area contributed by atoms with Crippen molar-refractivity contribution in [2.24, 2.45) is 0 Å². The average Bonchev–Trinajstić information content (AvgIpc) is 2.37. The highest BCUT2D eigenvalue weighted by atomic mass is 16.1. The minimum absolute atomic E-state index is 0.110. The average molecular weight is 258 g/mol. The number of nitrogens with zero attached hydrogens (tertiary/aromatic N) is 2. The van der Waals surface area contributed by atoms with Crippen LogP contribution in [0, 0.1) is 0 Å². The Morgan fingerprint density at radius 1 is 1.42 bits per heavy atom. The van der Waals surface area contributed by atoms with Crippen molar-refractivity contribution in [3.05, 3.63) is 52.6 Å². The van der Waals surface area contributed by atoms with Gasteiger partial charge in [0.1, 0.15) is 0 Å². The maximum atomic E-state index is 12.1. The van der Waals surface area contributed by atoms with E-state index >= 15 is 0 Å². The van der Waals surface area contributed by atoms with Gasteiger partial charge in [-0.3, -0.25) is 4.79 Å². The molecule has 0 aliphatic rings. The molecule has 1 aromatic heterocycles. The fourth-order valence-electron chi connectivity index (χ4n) is 1.84. The molecule has 0 saturated carbocycles. The molecule has 0 unspecified atom stereocenters. The lowest BCUT2D eigenvalue weighted by molar-refractivity contribution is 0.575. The van der Waals surface area contributed by atoms with Crippen molar-refractivity contribution in [3.63, 3.8) is 0 Å². The molecule has 1 heterocycles. The molecule has 0 fully saturated rings. The molecule has 1 aromatic carbocycles. The number of aromatic nitrogens is 2. The highest BCUT2D eigenvalue weighted by Crippen LogP contribution is 2.08. The van der Waals surface area contributed by atoms with Crippen LogP contribution >= 0.6 is 0 Å². The summed E-state index contributed by atoms with van der Waals surface area (Å²) in [6, 6.07) is 7.65. The predicted molar refractivity (Wildman–Crippen MR) is 77.1 cm³/mol. The lowest BCUT2D eigenvalue weighted by Crippen LogP contribution is -2.25. The molecule has 5 nitrogen and oxygen atoms in total. The minimum Gasteiger partial charge on any atom is -0.399 e. The van der Waals surface area contributed by atoms with Crippen LogP contribution in [-0.4, -0.2) is 9.55 Å². The molecule has 2 rings (SSSR count). The molecule has 0 atom stereocenters. The van der Waals surface area contributed by atoms with Crippen molar-refractivity contribution >= 4 is 11.5 Å². The Balaban J connectivity index is 2.16. The molecular weight excluding hydrogens is 240 g/mol. The van der Waals surface area contributed by atoms with E-state index in [0.717, 1.165) is 5.56 Å². The van der Waals surface area contributed by atoms with Crippen molar-refractivity contribution in [3.8, 4) is 0 Å². The van der Waals surface area contributed by atoms with Gasteiger partial charge in [-0.2, -0.15) is 0 Å². The third-order valence-corrected chi connectivity index (χ3v) is 2.84. The van der Waals surface area contributed by atoms with Crippen molar-refractivity contribution in [2.45, 2.75) is 26.4 Å². The summed E-state index contributed by atoms with van der Waals surface area (Å²) in [5.74, 6) is 0.360. The number of anilines is 2. The highest BCUT2D eigenvalue weighted by molar-refractivity contribution is 5.42. The van der Waals surface area contributed by atoms with Crippen molar-refractivity contribution in [2.75, 3.05) is 11.1 Å². The smallest absolute Gasteiger partial charge is 0.293 e. The van der Waals surface area contributed by atoms with Gasteiger partial charge in [0.25, 0.3) is 5.56 Å². The number of nitrogen functional groups attached to an aromatic ring is 1. The summed E-state index contributed by atoms with van der Waals surface area (Å²) in [4.78, 5) is 16.2. The standard InChI is InChI=1S/C14H18N4O/c1-10(2)18-7-6-16-13(14(18)19)17-9-11-4-3-5-12(15)8-11/h3-8,10H,9,15H2,1-2H3,(H,16,17). The SMILES string of the molecule is CC(C)n1ccnc(NCc2cccc(N)c2)c1=O. The maximum Gasteiger partial charge on any atom is 0.293 e. The third-order valence-electron chi connectivity index (χ3n) is 2.84. The van der Waals surface area contributed by atoms with Gasteiger partial charge in [-0.05, 0) is 31.5 Å². The maximum absolute atomic E-state index is 12.1. The third kappa shape index (κ3) is 3.13. The monoisotopic (exact) mass is 258 g/mol. The van der Waals surface area contributed by atoms with Crippen molar-refractivity contribution < 1.29 is 0 Å². The van der Waals surface area contributed by atoms with Crippen LogP contribution in [0.5, 0.6) is 0 Å². The molecule has 0 spiro atoms. The summed E-state index contributed by atoms with van der Waals surface area (Å²) < 4.78 is 1.65. The highest BCUT2D eigenvalue weighted by Gasteiger charge is 2.06. The summed E-state index contributed by atoms with van der Waals surface area (Å²) in [6.07, 6.45) is 3.32. The van der Waals surface area contributed by atoms with Gasteiger partial charge in [-0.15, -0.1) is 0 Å². The van der Waals surface area contributed by atoms with Crippen LogP contribution in [0.3, 0.4) is 0 Å². The Kier molecular flexibility index (Phi) is 3.85. The summed E-state index contributed by atoms with van der Waals surface area (Å²) in [7, 11) is 0. The normalized spacial score (nSPS) is 10.7. The first-order valence-corrected chi connectivity index (χ1v) is 6.23. The molecule has 5 heteroatoms. The predicted octanol–water partition coefficient (Wildman–Crippen LogP) is 2.02. The Morgan fingerprint density at radius 2 is 2.21 bits per heavy atom. The van der Waals surface area contributed by atoms with Crippen LogP contribution in [0.15, 0.2) is 41.5 Å². The number of benzene rings is 1. The first-order valence-electron chi connectivity index (χ1n) is 6.23. The number of nitrogens with one attached hydrogen (secondary N) is 1. The molecule has 0 radical (unpaired) electrons. The van der Waals surface area contributed by atoms with Crippen LogP contribution in [0.4, 0.5) is 11.5 Å². The Morgan fingerprint density at radius 3 is 2.89 bits per heavy atom. The summed E-state index contributed by atoms with van der Waals surface area (Å²) in [5, 5.41) is 3.05. The van der Waals surface area contributed by atoms with Crippen LogP contribution < -0.4 is 16.6 Å². The van der Waals surface area contributed by atoms with E-state index in [2.05, 4.69) is 10.3 Å². The van der Waals surface area contributed by atoms with Gasteiger partial charge in [0.2, 0.25) is 0 Å². The van der Waals surface area contributed by atoms with Gasteiger partial charge in [0.05, 0.1) is 0 Å². The van der Waals surface area contributed by atoms with E-state index in [4.69, 9.17) is 5.73 Å². The Bertz CT molecular complexity index is 619. The lowest BCUT2D eigenvalue weighted by Gasteiger charge is -2.11. The molecule has 19 heavy (non-hydrogen) atoms. The van der Waals surface area contributed by atoms with Gasteiger partial charge in [-0.1, -0.05) is 12.1 Å². The fraction of sp³-hybridized carbons (Fsp3) is 0.286. The van der Waals surface area contributed by atoms with E-state index in [1.165, 1.54) is 0 Å². The van der Waals surface area contributed by atoms with E-state index in [1.807, 2.05) is 38.1 Å². The first-order chi connectivity index (χ1) is 9.08. The number of rotatable bonds is 4. The number of hydrogen-bond acceptors (Lipinski definition) is 4. The molecule has 3 N–H and O–H groups in total. The molecule has 0 aliphatic heterocycles. The quantitative estimate of drug-likeness (QED) is 0.823. The molecule has 0 aliphatic carbocycles. The van der Waals surface area contributed by atoms with Gasteiger partial charge in [0.15, 0.2) is 5.82 Å². The summed E-state index contributed by atoms with van der Waals surface area (Å²) >= 11 is 0. The van der Waals surface area contributed by atoms with E-state index in [9.17, 15) is 4.79 Å². The van der Waals surface area contributed by atoms with Crippen LogP contribution in [-0.2, 0) is 6.54 Å². The second-order valence-electron chi connectivity index (χ2n) is 4.68. The van der Waals surface area contributed by atoms with E-state index in [1.54, 1.807) is 17.0 Å². The van der Waals surface area contributed by atoms with Crippen molar-refractivity contribution in [1.29, 1.82) is 0 Å². The molecule has 0 amide bonds. The van der Waals surface area contributed by atoms with E-state index < -0.39 is 0 Å². The zero-order chi connectivity index (χ0) is 13.8. The molecule has 0 bridgehead atoms. The van der Waals surface area contributed by atoms with Crippen LogP contribution in [0.1, 0.15) is 25.5 Å². The van der Waals surface area contributed by atoms with E-state index in [0.29, 0.717) is 18.1 Å². The Hall–Kier alpha value is -2.30. The molecule has 100 valence electrons. The summed E-state index contributed by atoms with van der Waals surface area (Å²) in [6.45, 7) is 4.45. The molecule has 0 saturated heterocycles. The zero-order valence-corrected chi connectivity index (χ0v) is 11.1. The van der Waals surface area contributed by atoms with Gasteiger partial charge >= 0.3 is 0 Å². The second kappa shape index (κ2) is 5.56. The largest absolute Gasteiger partial charge is 0.399 e. The topological polar surface area (TPSA) is 72.9 Å². The fourth-order valence-corrected chi connectivity index (χ4v) is 1.84. The van der Waals surface area contributed by atoms with Crippen LogP contribution in [0.25, 0.3) is 0 Å². The zero-order valence-electron chi connectivity index (χ0n) is 11.1. The Labute approximate surface area is 112 Å². The number of nitrogens with two attached hydrogens (primary N) is 1. The van der Waals surface area contributed by atoms with Crippen LogP contribution in [0.2, 0.25) is 0 Å². The summed E-state index contributed by atoms with van der Waals surface area (Å²) in [5.41, 5.74) is 7.33. The van der Waals surface area contributed by atoms with Gasteiger partial charge < -0.3 is 15.6 Å². The minimum atomic E-state index is -0.110. The van der Waals surface area contributed by atoms with Gasteiger partial charge in [0, 0.05) is 30.7 Å². The second-order valence-corrected chi connectivity index (χ2v) is 4.68. The van der Waals surface area contributed by atoms with Gasteiger partial charge in [-0.25, -0.2) is 4.98 Å². The molecular formula is C14H18N4O. The molecule has 2 aromatic rings. The lowest BCUT2D eigenvalue weighted by atomic mass is 10.2. The first kappa shape index (κ1) is 13.1. The number of hydrogen-bond donors (Lipinski definition) is 2. The van der Waals surface area contributed by atoms with E-state index in [-0.39, 0.29) is 11.6 Å². The van der Waals surface area contributed by atoms with Crippen molar-refractivity contribution in [1.82, 2.24) is 9.55 Å².